The fourth-order valence-electron chi connectivity index (χ4n) is 2.98. The van der Waals surface area contributed by atoms with Crippen LogP contribution in [0.3, 0.4) is 0 Å². The number of nitrogens with one attached hydrogen (secondary N) is 1. The zero-order valence-corrected chi connectivity index (χ0v) is 11.1. The van der Waals surface area contributed by atoms with Crippen LogP contribution in [-0.2, 0) is 6.42 Å². The van der Waals surface area contributed by atoms with Crippen molar-refractivity contribution in [1.29, 1.82) is 0 Å². The van der Waals surface area contributed by atoms with Gasteiger partial charge in [0.05, 0.1) is 0 Å². The lowest BCUT2D eigenvalue weighted by molar-refractivity contribution is 0.297. The molecule has 0 amide bonds. The van der Waals surface area contributed by atoms with Gasteiger partial charge in [0.25, 0.3) is 0 Å². The van der Waals surface area contributed by atoms with Gasteiger partial charge < -0.3 is 0 Å². The van der Waals surface area contributed by atoms with E-state index in [9.17, 15) is 0 Å². The summed E-state index contributed by atoms with van der Waals surface area (Å²) in [6, 6.07) is 8.46. The Hall–Kier alpha value is -0.570. The first-order valence-corrected chi connectivity index (χ1v) is 6.79. The minimum Gasteiger partial charge on any atom is -0.271 e. The summed E-state index contributed by atoms with van der Waals surface area (Å²) in [4.78, 5) is 0. The van der Waals surface area contributed by atoms with Crippen LogP contribution < -0.4 is 11.3 Å². The number of hydrogen-bond acceptors (Lipinski definition) is 2. The van der Waals surface area contributed by atoms with Crippen LogP contribution in [-0.4, -0.2) is 6.04 Å². The number of rotatable bonds is 4. The van der Waals surface area contributed by atoms with Gasteiger partial charge in [-0.1, -0.05) is 43.5 Å². The summed E-state index contributed by atoms with van der Waals surface area (Å²) >= 11 is 5.89. The zero-order valence-electron chi connectivity index (χ0n) is 10.3. The molecule has 0 bridgehead atoms. The molecular formula is C14H21ClN2. The molecule has 3 atom stereocenters. The Kier molecular flexibility index (Phi) is 4.43. The number of benzene rings is 1. The molecule has 1 saturated carbocycles. The average Bonchev–Trinajstić information content (AvgIpc) is 2.75. The Morgan fingerprint density at radius 3 is 2.59 bits per heavy atom. The van der Waals surface area contributed by atoms with E-state index in [1.165, 1.54) is 24.8 Å². The summed E-state index contributed by atoms with van der Waals surface area (Å²) in [5, 5.41) is 0.792. The van der Waals surface area contributed by atoms with Gasteiger partial charge in [-0.25, -0.2) is 0 Å². The Balaban J connectivity index is 2.01. The quantitative estimate of drug-likeness (QED) is 0.638. The summed E-state index contributed by atoms with van der Waals surface area (Å²) in [5.41, 5.74) is 4.31. The van der Waals surface area contributed by atoms with Crippen LogP contribution >= 0.6 is 11.6 Å². The summed E-state index contributed by atoms with van der Waals surface area (Å²) in [7, 11) is 0. The van der Waals surface area contributed by atoms with Crippen molar-refractivity contribution in [2.24, 2.45) is 17.7 Å². The Labute approximate surface area is 109 Å². The molecular weight excluding hydrogens is 232 g/mol. The first-order valence-electron chi connectivity index (χ1n) is 6.41. The molecule has 1 aromatic rings. The Morgan fingerprint density at radius 1 is 1.35 bits per heavy atom. The highest BCUT2D eigenvalue weighted by Gasteiger charge is 2.30. The SMILES string of the molecule is CC1CCCC1C(Cc1ccc(Cl)cc1)NN. The van der Waals surface area contributed by atoms with E-state index in [4.69, 9.17) is 17.4 Å². The molecule has 2 nitrogen and oxygen atoms in total. The van der Waals surface area contributed by atoms with Gasteiger partial charge >= 0.3 is 0 Å². The van der Waals surface area contributed by atoms with Gasteiger partial charge in [-0.05, 0) is 42.4 Å². The van der Waals surface area contributed by atoms with Crippen LogP contribution in [0.2, 0.25) is 5.02 Å². The lowest BCUT2D eigenvalue weighted by atomic mass is 9.87. The molecule has 3 heteroatoms. The van der Waals surface area contributed by atoms with Crippen molar-refractivity contribution in [3.63, 3.8) is 0 Å². The van der Waals surface area contributed by atoms with Crippen molar-refractivity contribution in [2.45, 2.75) is 38.6 Å². The standard InChI is InChI=1S/C14H21ClN2/c1-10-3-2-4-13(10)14(17-16)9-11-5-7-12(15)8-6-11/h5-8,10,13-14,17H,2-4,9,16H2,1H3. The van der Waals surface area contributed by atoms with Crippen LogP contribution in [0.4, 0.5) is 0 Å². The zero-order chi connectivity index (χ0) is 12.3. The second-order valence-electron chi connectivity index (χ2n) is 5.18. The molecule has 17 heavy (non-hydrogen) atoms. The molecule has 1 aliphatic carbocycles. The maximum absolute atomic E-state index is 5.89. The third-order valence-corrected chi connectivity index (χ3v) is 4.28. The molecule has 1 aliphatic rings. The van der Waals surface area contributed by atoms with Crippen LogP contribution in [0.25, 0.3) is 0 Å². The molecule has 2 rings (SSSR count). The molecule has 0 saturated heterocycles. The normalized spacial score (nSPS) is 26.1. The van der Waals surface area contributed by atoms with Crippen LogP contribution in [0.5, 0.6) is 0 Å². The predicted molar refractivity (Wildman–Crippen MR) is 72.8 cm³/mol. The highest BCUT2D eigenvalue weighted by molar-refractivity contribution is 6.30. The largest absolute Gasteiger partial charge is 0.271 e. The summed E-state index contributed by atoms with van der Waals surface area (Å²) < 4.78 is 0. The van der Waals surface area contributed by atoms with Gasteiger partial charge in [0.15, 0.2) is 0 Å². The van der Waals surface area contributed by atoms with E-state index in [1.807, 2.05) is 12.1 Å². The predicted octanol–water partition coefficient (Wildman–Crippen LogP) is 3.15. The van der Waals surface area contributed by atoms with E-state index >= 15 is 0 Å². The summed E-state index contributed by atoms with van der Waals surface area (Å²) in [6.45, 7) is 2.34. The van der Waals surface area contributed by atoms with E-state index in [-0.39, 0.29) is 0 Å². The average molecular weight is 253 g/mol. The molecule has 0 aliphatic heterocycles. The van der Waals surface area contributed by atoms with Crippen LogP contribution in [0, 0.1) is 11.8 Å². The maximum Gasteiger partial charge on any atom is 0.0406 e. The Morgan fingerprint density at radius 2 is 2.06 bits per heavy atom. The molecule has 0 radical (unpaired) electrons. The van der Waals surface area contributed by atoms with Crippen LogP contribution in [0.1, 0.15) is 31.7 Å². The molecule has 3 N–H and O–H groups in total. The number of nitrogens with two attached hydrogens (primary N) is 1. The highest BCUT2D eigenvalue weighted by Crippen LogP contribution is 2.34. The molecule has 0 heterocycles. The molecule has 1 aromatic carbocycles. The lowest BCUT2D eigenvalue weighted by Gasteiger charge is -2.26. The topological polar surface area (TPSA) is 38.0 Å². The maximum atomic E-state index is 5.89. The third-order valence-electron chi connectivity index (χ3n) is 4.03. The van der Waals surface area contributed by atoms with Crippen molar-refractivity contribution in [1.82, 2.24) is 5.43 Å². The van der Waals surface area contributed by atoms with E-state index in [0.717, 1.165) is 17.4 Å². The third kappa shape index (κ3) is 3.21. The van der Waals surface area contributed by atoms with E-state index in [2.05, 4.69) is 24.5 Å². The fourth-order valence-corrected chi connectivity index (χ4v) is 3.11. The van der Waals surface area contributed by atoms with Crippen molar-refractivity contribution in [3.8, 4) is 0 Å². The molecule has 0 aromatic heterocycles. The van der Waals surface area contributed by atoms with Crippen molar-refractivity contribution >= 4 is 11.6 Å². The Bertz CT molecular complexity index is 350. The van der Waals surface area contributed by atoms with Crippen LogP contribution in [0.15, 0.2) is 24.3 Å². The summed E-state index contributed by atoms with van der Waals surface area (Å²) in [5.74, 6) is 7.20. The van der Waals surface area contributed by atoms with Crippen molar-refractivity contribution < 1.29 is 0 Å². The summed E-state index contributed by atoms with van der Waals surface area (Å²) in [6.07, 6.45) is 4.96. The van der Waals surface area contributed by atoms with Gasteiger partial charge in [0.1, 0.15) is 0 Å². The second kappa shape index (κ2) is 5.85. The van der Waals surface area contributed by atoms with E-state index in [1.54, 1.807) is 0 Å². The van der Waals surface area contributed by atoms with Gasteiger partial charge in [-0.3, -0.25) is 11.3 Å². The smallest absolute Gasteiger partial charge is 0.0406 e. The highest BCUT2D eigenvalue weighted by atomic mass is 35.5. The van der Waals surface area contributed by atoms with Gasteiger partial charge in [-0.2, -0.15) is 0 Å². The minimum absolute atomic E-state index is 0.383. The van der Waals surface area contributed by atoms with Crippen molar-refractivity contribution in [2.75, 3.05) is 0 Å². The lowest BCUT2D eigenvalue weighted by Crippen LogP contribution is -2.43. The van der Waals surface area contributed by atoms with E-state index < -0.39 is 0 Å². The first-order chi connectivity index (χ1) is 8.20. The van der Waals surface area contributed by atoms with E-state index in [0.29, 0.717) is 12.0 Å². The molecule has 94 valence electrons. The number of halogens is 1. The number of hydrogen-bond donors (Lipinski definition) is 2. The van der Waals surface area contributed by atoms with Gasteiger partial charge in [0.2, 0.25) is 0 Å². The second-order valence-corrected chi connectivity index (χ2v) is 5.61. The van der Waals surface area contributed by atoms with Gasteiger partial charge in [-0.15, -0.1) is 0 Å². The van der Waals surface area contributed by atoms with Gasteiger partial charge in [0, 0.05) is 11.1 Å². The fraction of sp³-hybridized carbons (Fsp3) is 0.571. The number of hydrazine groups is 1. The molecule has 3 unspecified atom stereocenters. The first kappa shape index (κ1) is 12.9. The van der Waals surface area contributed by atoms with Crippen molar-refractivity contribution in [3.05, 3.63) is 34.9 Å². The monoisotopic (exact) mass is 252 g/mol. The minimum atomic E-state index is 0.383. The molecule has 0 spiro atoms. The molecule has 1 fully saturated rings.